The zero-order chi connectivity index (χ0) is 16.2. The van der Waals surface area contributed by atoms with Gasteiger partial charge >= 0.3 is 0 Å². The smallest absolute Gasteiger partial charge is 0.161 e. The number of fused-ring (bicyclic) bond motifs is 5. The number of aryl methyl sites for hydroxylation is 1. The fourth-order valence-electron chi connectivity index (χ4n) is 5.65. The van der Waals surface area contributed by atoms with E-state index in [1.165, 1.54) is 11.1 Å². The lowest BCUT2D eigenvalue weighted by molar-refractivity contribution is -0.0505. The summed E-state index contributed by atoms with van der Waals surface area (Å²) < 4.78 is 0. The van der Waals surface area contributed by atoms with E-state index in [1.54, 1.807) is 0 Å². The maximum absolute atomic E-state index is 10.4. The molecule has 23 heavy (non-hydrogen) atoms. The summed E-state index contributed by atoms with van der Waals surface area (Å²) in [6, 6.07) is 5.81. The summed E-state index contributed by atoms with van der Waals surface area (Å²) >= 11 is 0. The molecule has 1 aromatic rings. The van der Waals surface area contributed by atoms with Crippen LogP contribution in [0.4, 0.5) is 0 Å². The Morgan fingerprint density at radius 1 is 1.30 bits per heavy atom. The molecule has 0 unspecified atom stereocenters. The number of rotatable bonds is 2. The van der Waals surface area contributed by atoms with E-state index in [2.05, 4.69) is 18.3 Å². The van der Waals surface area contributed by atoms with Crippen LogP contribution in [0.2, 0.25) is 0 Å². The van der Waals surface area contributed by atoms with Crippen molar-refractivity contribution in [2.75, 3.05) is 0 Å². The first-order valence-electron chi connectivity index (χ1n) is 8.53. The van der Waals surface area contributed by atoms with Crippen LogP contribution in [0.1, 0.15) is 49.7 Å². The third-order valence-electron chi connectivity index (χ3n) is 6.81. The van der Waals surface area contributed by atoms with Gasteiger partial charge in [0.15, 0.2) is 11.1 Å². The highest BCUT2D eigenvalue weighted by molar-refractivity contribution is 5.40. The highest BCUT2D eigenvalue weighted by atomic mass is 16.7. The summed E-state index contributed by atoms with van der Waals surface area (Å²) in [7, 11) is 0. The topological polar surface area (TPSA) is 79.1 Å². The number of nitrogens with zero attached hydrogens (tertiary/aromatic N) is 1. The minimum atomic E-state index is -0.593. The highest BCUT2D eigenvalue weighted by Gasteiger charge is 2.57. The largest absolute Gasteiger partial charge is 0.390 e. The molecule has 3 aliphatic carbocycles. The van der Waals surface area contributed by atoms with Gasteiger partial charge in [-0.3, -0.25) is 0 Å². The van der Waals surface area contributed by atoms with Crippen LogP contribution in [-0.4, -0.2) is 22.4 Å². The first-order chi connectivity index (χ1) is 11.0. The minimum Gasteiger partial charge on any atom is -0.390 e. The maximum atomic E-state index is 10.4. The van der Waals surface area contributed by atoms with Gasteiger partial charge in [-0.2, -0.15) is 0 Å². The van der Waals surface area contributed by atoms with Gasteiger partial charge in [0, 0.05) is 0 Å². The molecule has 2 saturated carbocycles. The number of aliphatic hydroxyl groups excluding tert-OH is 2. The average Bonchev–Trinajstić information content (AvgIpc) is 2.78. The Bertz CT molecular complexity index is 633. The SMILES string of the molecule is C[C@]12CC[C@@H]3c4ccc(ON=O)cc4CC[C@H]3[C@@H]1C[C@@H](O)[C@@H]2O. The fraction of sp³-hybridized carbons (Fsp3) is 0.667. The molecule has 3 aliphatic rings. The van der Waals surface area contributed by atoms with E-state index in [0.717, 1.165) is 25.7 Å². The number of hydrogen-bond acceptors (Lipinski definition) is 5. The van der Waals surface area contributed by atoms with Gasteiger partial charge in [-0.1, -0.05) is 13.0 Å². The number of hydrogen-bond donors (Lipinski definition) is 2. The van der Waals surface area contributed by atoms with E-state index in [0.29, 0.717) is 29.9 Å². The lowest BCUT2D eigenvalue weighted by Crippen LogP contribution is -2.44. The van der Waals surface area contributed by atoms with Crippen LogP contribution in [0.5, 0.6) is 5.75 Å². The summed E-state index contributed by atoms with van der Waals surface area (Å²) in [4.78, 5) is 15.0. The molecular formula is C18H23NO4. The van der Waals surface area contributed by atoms with E-state index >= 15 is 0 Å². The van der Waals surface area contributed by atoms with E-state index < -0.39 is 12.2 Å². The van der Waals surface area contributed by atoms with E-state index in [4.69, 9.17) is 4.84 Å². The van der Waals surface area contributed by atoms with Crippen LogP contribution >= 0.6 is 0 Å². The van der Waals surface area contributed by atoms with Crippen molar-refractivity contribution >= 4 is 0 Å². The Morgan fingerprint density at radius 2 is 2.13 bits per heavy atom. The lowest BCUT2D eigenvalue weighted by Gasteiger charge is -2.49. The quantitative estimate of drug-likeness (QED) is 0.649. The van der Waals surface area contributed by atoms with Gasteiger partial charge in [-0.15, -0.1) is 4.91 Å². The van der Waals surface area contributed by atoms with Crippen molar-refractivity contribution in [3.63, 3.8) is 0 Å². The van der Waals surface area contributed by atoms with Gasteiger partial charge in [0.05, 0.1) is 12.2 Å². The predicted octanol–water partition coefficient (Wildman–Crippen LogP) is 2.93. The summed E-state index contributed by atoms with van der Waals surface area (Å²) in [6.45, 7) is 2.15. The highest BCUT2D eigenvalue weighted by Crippen LogP contribution is 2.60. The van der Waals surface area contributed by atoms with Crippen molar-refractivity contribution in [2.45, 2.75) is 57.2 Å². The predicted molar refractivity (Wildman–Crippen MR) is 84.9 cm³/mol. The van der Waals surface area contributed by atoms with Gasteiger partial charge < -0.3 is 15.1 Å². The van der Waals surface area contributed by atoms with Crippen LogP contribution in [-0.2, 0) is 6.42 Å². The van der Waals surface area contributed by atoms with Crippen molar-refractivity contribution < 1.29 is 15.1 Å². The molecular weight excluding hydrogens is 294 g/mol. The fourth-order valence-corrected chi connectivity index (χ4v) is 5.65. The summed E-state index contributed by atoms with van der Waals surface area (Å²) in [6.07, 6.45) is 3.54. The Hall–Kier alpha value is -1.46. The molecule has 0 saturated heterocycles. The molecule has 4 rings (SSSR count). The summed E-state index contributed by atoms with van der Waals surface area (Å²) in [5, 5.41) is 23.1. The van der Waals surface area contributed by atoms with E-state index in [1.807, 2.05) is 12.1 Å². The molecule has 0 bridgehead atoms. The summed E-state index contributed by atoms with van der Waals surface area (Å²) in [5.41, 5.74) is 2.44. The van der Waals surface area contributed by atoms with Crippen molar-refractivity contribution in [3.8, 4) is 5.75 Å². The van der Waals surface area contributed by atoms with Crippen molar-refractivity contribution in [3.05, 3.63) is 34.2 Å². The molecule has 1 aromatic carbocycles. The molecule has 124 valence electrons. The average molecular weight is 317 g/mol. The minimum absolute atomic E-state index is 0.150. The van der Waals surface area contributed by atoms with Crippen LogP contribution < -0.4 is 4.84 Å². The van der Waals surface area contributed by atoms with Crippen molar-refractivity contribution in [2.24, 2.45) is 22.6 Å². The molecule has 5 nitrogen and oxygen atoms in total. The van der Waals surface area contributed by atoms with Crippen LogP contribution in [0.25, 0.3) is 0 Å². The number of benzene rings is 1. The van der Waals surface area contributed by atoms with E-state index in [9.17, 15) is 15.1 Å². The second-order valence-corrected chi connectivity index (χ2v) is 7.73. The molecule has 0 aromatic heterocycles. The van der Waals surface area contributed by atoms with Crippen LogP contribution in [0, 0.1) is 22.2 Å². The zero-order valence-electron chi connectivity index (χ0n) is 13.3. The molecule has 5 heteroatoms. The van der Waals surface area contributed by atoms with Gasteiger partial charge in [0.2, 0.25) is 0 Å². The van der Waals surface area contributed by atoms with Crippen molar-refractivity contribution in [1.29, 1.82) is 0 Å². The standard InChI is InChI=1S/C18H23NO4/c1-18-7-6-13-12-5-3-11(23-19-22)8-10(12)2-4-14(13)15(18)9-16(20)17(18)21/h3,5,8,13-17,20-21H,2,4,6-7,9H2,1H3/t13-,14-,15+,16-,17+,18+/m1/s1. The first-order valence-corrected chi connectivity index (χ1v) is 8.53. The molecule has 0 radical (unpaired) electrons. The third kappa shape index (κ3) is 2.13. The zero-order valence-corrected chi connectivity index (χ0v) is 13.3. The Morgan fingerprint density at radius 3 is 2.91 bits per heavy atom. The summed E-state index contributed by atoms with van der Waals surface area (Å²) in [5.74, 6) is 1.88. The molecule has 2 fully saturated rings. The van der Waals surface area contributed by atoms with Gasteiger partial charge in [0.1, 0.15) is 0 Å². The molecule has 0 aliphatic heterocycles. The van der Waals surface area contributed by atoms with Gasteiger partial charge in [-0.05, 0) is 78.5 Å². The van der Waals surface area contributed by atoms with Gasteiger partial charge in [-0.25, -0.2) is 0 Å². The number of aliphatic hydroxyl groups is 2. The molecule has 6 atom stereocenters. The molecule has 0 amide bonds. The Balaban J connectivity index is 1.66. The molecule has 2 N–H and O–H groups in total. The van der Waals surface area contributed by atoms with Gasteiger partial charge in [0.25, 0.3) is 0 Å². The second kappa shape index (κ2) is 5.28. The molecule has 0 spiro atoms. The second-order valence-electron chi connectivity index (χ2n) is 7.73. The normalized spacial score (nSPS) is 41.6. The molecule has 0 heterocycles. The Labute approximate surface area is 135 Å². The lowest BCUT2D eigenvalue weighted by atomic mass is 9.55. The Kier molecular flexibility index (Phi) is 3.46. The van der Waals surface area contributed by atoms with E-state index in [-0.39, 0.29) is 5.41 Å². The first kappa shape index (κ1) is 15.1. The van der Waals surface area contributed by atoms with Crippen LogP contribution in [0.3, 0.4) is 0 Å². The van der Waals surface area contributed by atoms with Crippen LogP contribution in [0.15, 0.2) is 23.5 Å². The maximum Gasteiger partial charge on any atom is 0.161 e. The van der Waals surface area contributed by atoms with Crippen molar-refractivity contribution in [1.82, 2.24) is 0 Å². The third-order valence-corrected chi connectivity index (χ3v) is 6.81. The monoisotopic (exact) mass is 317 g/mol.